The highest BCUT2D eigenvalue weighted by Crippen LogP contribution is 2.38. The number of carbonyl (C=O) groups is 2. The van der Waals surface area contributed by atoms with E-state index in [0.717, 1.165) is 39.0 Å². The van der Waals surface area contributed by atoms with Crippen molar-refractivity contribution in [2.24, 2.45) is 29.1 Å². The van der Waals surface area contributed by atoms with E-state index in [2.05, 4.69) is 37.6 Å². The monoisotopic (exact) mass is 639 g/mol. The number of nitrogens with zero attached hydrogens (tertiary/aromatic N) is 3. The van der Waals surface area contributed by atoms with Crippen molar-refractivity contribution in [3.63, 3.8) is 0 Å². The highest BCUT2D eigenvalue weighted by Gasteiger charge is 2.51. The highest BCUT2D eigenvalue weighted by atomic mass is 16.7. The molecule has 3 heterocycles. The normalized spacial score (nSPS) is 40.1. The van der Waals surface area contributed by atoms with E-state index in [0.29, 0.717) is 24.7 Å². The number of ether oxygens (including phenoxy) is 4. The van der Waals surface area contributed by atoms with Gasteiger partial charge in [-0.25, -0.2) is 0 Å². The van der Waals surface area contributed by atoms with Gasteiger partial charge in [-0.3, -0.25) is 14.5 Å². The maximum atomic E-state index is 14.3. The van der Waals surface area contributed by atoms with Crippen molar-refractivity contribution in [1.29, 1.82) is 0 Å². The second-order valence-electron chi connectivity index (χ2n) is 15.9. The summed E-state index contributed by atoms with van der Waals surface area (Å²) in [5.41, 5.74) is -2.31. The fraction of sp³-hybridized carbons (Fsp3) is 0.943. The summed E-state index contributed by atoms with van der Waals surface area (Å²) in [6, 6.07) is -0.132. The number of methoxy groups -OCH3 is 1. The number of carbonyl (C=O) groups excluding carboxylic acids is 2. The van der Waals surface area contributed by atoms with Crippen LogP contribution in [0.3, 0.4) is 0 Å². The average Bonchev–Trinajstić information content (AvgIpc) is 2.95. The number of cyclic esters (lactones) is 1. The first-order valence-electron chi connectivity index (χ1n) is 17.3. The van der Waals surface area contributed by atoms with Gasteiger partial charge in [0, 0.05) is 44.7 Å². The van der Waals surface area contributed by atoms with Crippen molar-refractivity contribution in [1.82, 2.24) is 14.7 Å². The van der Waals surface area contributed by atoms with Crippen molar-refractivity contribution in [2.75, 3.05) is 61.0 Å². The molecule has 0 bridgehead atoms. The van der Waals surface area contributed by atoms with Gasteiger partial charge in [0.15, 0.2) is 12.1 Å². The molecule has 1 N–H and O–H groups in total. The van der Waals surface area contributed by atoms with Gasteiger partial charge in [0.2, 0.25) is 0 Å². The number of aliphatic hydroxyl groups excluding tert-OH is 1. The molecule has 45 heavy (non-hydrogen) atoms. The van der Waals surface area contributed by atoms with Gasteiger partial charge in [-0.15, -0.1) is 0 Å². The number of piperidine rings is 1. The molecular formula is C35H65N3O7. The summed E-state index contributed by atoms with van der Waals surface area (Å²) in [4.78, 5) is 34.9. The summed E-state index contributed by atoms with van der Waals surface area (Å²) in [6.07, 6.45) is 0.662. The summed E-state index contributed by atoms with van der Waals surface area (Å²) in [5, 5.41) is 11.3. The topological polar surface area (TPSA) is 101 Å². The summed E-state index contributed by atoms with van der Waals surface area (Å²) < 4.78 is 25.1. The van der Waals surface area contributed by atoms with Crippen molar-refractivity contribution in [2.45, 2.75) is 123 Å². The Morgan fingerprint density at radius 3 is 2.38 bits per heavy atom. The maximum Gasteiger partial charge on any atom is 0.319 e. The predicted molar refractivity (Wildman–Crippen MR) is 176 cm³/mol. The Bertz CT molecular complexity index is 977. The van der Waals surface area contributed by atoms with Gasteiger partial charge < -0.3 is 33.9 Å². The van der Waals surface area contributed by atoms with Gasteiger partial charge in [-0.1, -0.05) is 27.7 Å². The molecule has 10 heteroatoms. The lowest BCUT2D eigenvalue weighted by Gasteiger charge is -2.47. The molecule has 0 aromatic carbocycles. The Morgan fingerprint density at radius 2 is 1.78 bits per heavy atom. The Labute approximate surface area is 273 Å². The van der Waals surface area contributed by atoms with Gasteiger partial charge in [0.05, 0.1) is 17.8 Å². The predicted octanol–water partition coefficient (Wildman–Crippen LogP) is 3.69. The lowest BCUT2D eigenvalue weighted by atomic mass is 9.74. The first-order valence-corrected chi connectivity index (χ1v) is 17.3. The minimum absolute atomic E-state index is 0.0338. The fourth-order valence-corrected chi connectivity index (χ4v) is 8.15. The van der Waals surface area contributed by atoms with Gasteiger partial charge in [-0.2, -0.15) is 0 Å². The van der Waals surface area contributed by atoms with E-state index in [1.807, 2.05) is 32.8 Å². The van der Waals surface area contributed by atoms with Crippen LogP contribution in [0, 0.1) is 29.1 Å². The van der Waals surface area contributed by atoms with Crippen LogP contribution in [0.15, 0.2) is 0 Å². The minimum atomic E-state index is -1.40. The summed E-state index contributed by atoms with van der Waals surface area (Å²) in [5.74, 6) is -0.429. The van der Waals surface area contributed by atoms with Crippen LogP contribution in [0.4, 0.5) is 0 Å². The number of esters is 1. The molecule has 10 nitrogen and oxygen atoms in total. The quantitative estimate of drug-likeness (QED) is 0.328. The Hall–Kier alpha value is -1.14. The molecule has 0 aliphatic carbocycles. The number of Topliss-reactive ketones (excluding diaryl/α,β-unsaturated/α-hetero) is 1. The van der Waals surface area contributed by atoms with Crippen LogP contribution in [0.25, 0.3) is 0 Å². The second-order valence-corrected chi connectivity index (χ2v) is 15.9. The van der Waals surface area contributed by atoms with E-state index in [9.17, 15) is 14.7 Å². The number of hydrogen-bond acceptors (Lipinski definition) is 10. The molecular weight excluding hydrogens is 574 g/mol. The van der Waals surface area contributed by atoms with Crippen LogP contribution in [-0.2, 0) is 28.5 Å². The SMILES string of the molecule is CO[C@]1(C)C[C@@H](C)CN(C)[C@H]([C@H]2CCCN(CC(C)C)C2)COC(=O)C(C)(C)C(=O)[C@H](C)[C@H]1O[C@@H]1O[C@H](C)C[C@H](N(C)C)[C@H]1O. The number of likely N-dealkylation sites (N-methyl/N-ethyl adjacent to an activating group) is 2. The third-order valence-corrected chi connectivity index (χ3v) is 10.6. The third kappa shape index (κ3) is 9.27. The maximum absolute atomic E-state index is 14.3. The number of aliphatic hydroxyl groups is 1. The van der Waals surface area contributed by atoms with Crippen molar-refractivity contribution in [3.05, 3.63) is 0 Å². The molecule has 262 valence electrons. The number of rotatable bonds is 7. The highest BCUT2D eigenvalue weighted by molar-refractivity contribution is 6.04. The van der Waals surface area contributed by atoms with Crippen LogP contribution in [-0.4, -0.2) is 135 Å². The lowest BCUT2D eigenvalue weighted by Crippen LogP contribution is -2.59. The molecule has 0 spiro atoms. The zero-order valence-electron chi connectivity index (χ0n) is 30.4. The number of hydrogen-bond donors (Lipinski definition) is 1. The van der Waals surface area contributed by atoms with E-state index in [1.165, 1.54) is 0 Å². The average molecular weight is 640 g/mol. The van der Waals surface area contributed by atoms with Crippen molar-refractivity contribution >= 4 is 11.8 Å². The third-order valence-electron chi connectivity index (χ3n) is 10.6. The zero-order valence-corrected chi connectivity index (χ0v) is 30.4. The number of likely N-dealkylation sites (tertiary alicyclic amines) is 1. The van der Waals surface area contributed by atoms with Gasteiger partial charge in [0.1, 0.15) is 18.1 Å². The molecule has 0 saturated carbocycles. The molecule has 3 aliphatic rings. The Balaban J connectivity index is 1.97. The van der Waals surface area contributed by atoms with Gasteiger partial charge in [0.25, 0.3) is 0 Å². The first-order chi connectivity index (χ1) is 20.9. The molecule has 3 fully saturated rings. The Morgan fingerprint density at radius 1 is 1.11 bits per heavy atom. The smallest absolute Gasteiger partial charge is 0.319 e. The first kappa shape index (κ1) is 38.3. The van der Waals surface area contributed by atoms with Crippen LogP contribution < -0.4 is 0 Å². The van der Waals surface area contributed by atoms with Crippen molar-refractivity contribution < 1.29 is 33.6 Å². The molecule has 3 aliphatic heterocycles. The Kier molecular flexibility index (Phi) is 13.5. The second kappa shape index (κ2) is 15.8. The van der Waals surface area contributed by atoms with E-state index in [1.54, 1.807) is 27.9 Å². The van der Waals surface area contributed by atoms with E-state index >= 15 is 0 Å². The molecule has 0 unspecified atom stereocenters. The van der Waals surface area contributed by atoms with Crippen molar-refractivity contribution in [3.8, 4) is 0 Å². The molecule has 10 atom stereocenters. The molecule has 3 rings (SSSR count). The lowest BCUT2D eigenvalue weighted by molar-refractivity contribution is -0.295. The van der Waals surface area contributed by atoms with Gasteiger partial charge in [-0.05, 0) is 98.8 Å². The summed E-state index contributed by atoms with van der Waals surface area (Å²) in [6.45, 7) is 19.9. The van der Waals surface area contributed by atoms with E-state index < -0.39 is 41.4 Å². The van der Waals surface area contributed by atoms with Crippen LogP contribution in [0.5, 0.6) is 0 Å². The standard InChI is InChI=1S/C35H65N3O7/c1-22(2)18-38-15-13-14-26(20-38)28-21-43-33(41)34(6,7)30(40)25(5)31(35(8,42-12)17-23(3)19-37(28)11)45-32-29(39)27(36(9)10)16-24(4)44-32/h22-29,31-32,39H,13-21H2,1-12H3/t23-,24-,25+,26+,27+,28+,29-,31-,32+,35-/m1/s1. The molecule has 0 aromatic rings. The molecule has 3 saturated heterocycles. The van der Waals surface area contributed by atoms with Crippen LogP contribution >= 0.6 is 0 Å². The largest absolute Gasteiger partial charge is 0.463 e. The summed E-state index contributed by atoms with van der Waals surface area (Å²) >= 11 is 0. The van der Waals surface area contributed by atoms with Crippen LogP contribution in [0.1, 0.15) is 81.1 Å². The molecule has 0 aromatic heterocycles. The van der Waals surface area contributed by atoms with Gasteiger partial charge >= 0.3 is 5.97 Å². The number of ketones is 1. The summed E-state index contributed by atoms with van der Waals surface area (Å²) in [7, 11) is 7.64. The molecule has 0 amide bonds. The van der Waals surface area contributed by atoms with E-state index in [-0.39, 0.29) is 36.5 Å². The van der Waals surface area contributed by atoms with E-state index in [4.69, 9.17) is 18.9 Å². The minimum Gasteiger partial charge on any atom is -0.463 e. The molecule has 0 radical (unpaired) electrons. The zero-order chi connectivity index (χ0) is 33.9. The fourth-order valence-electron chi connectivity index (χ4n) is 8.15. The van der Waals surface area contributed by atoms with Crippen LogP contribution in [0.2, 0.25) is 0 Å².